The highest BCUT2D eigenvalue weighted by Crippen LogP contribution is 2.13. The molecule has 0 atom stereocenters. The lowest BCUT2D eigenvalue weighted by Gasteiger charge is -2.03. The molecular formula is C18H41F2N. The molecule has 0 bridgehead atoms. The molecular weight excluding hydrogens is 268 g/mol. The van der Waals surface area contributed by atoms with E-state index in [1.54, 1.807) is 0 Å². The molecule has 0 aliphatic heterocycles. The van der Waals surface area contributed by atoms with Crippen molar-refractivity contribution in [2.45, 2.75) is 110 Å². The third kappa shape index (κ3) is 25.1. The molecule has 0 unspecified atom stereocenters. The first-order chi connectivity index (χ1) is 9.41. The first kappa shape index (κ1) is 25.8. The van der Waals surface area contributed by atoms with Crippen molar-refractivity contribution in [2.24, 2.45) is 5.73 Å². The Morgan fingerprint density at radius 1 is 0.429 bits per heavy atom. The maximum atomic E-state index is 5.48. The van der Waals surface area contributed by atoms with Crippen molar-refractivity contribution in [3.8, 4) is 0 Å². The van der Waals surface area contributed by atoms with Crippen LogP contribution in [0.4, 0.5) is 9.41 Å². The summed E-state index contributed by atoms with van der Waals surface area (Å²) in [5.41, 5.74) is 5.48. The third-order valence-electron chi connectivity index (χ3n) is 4.06. The van der Waals surface area contributed by atoms with Crippen LogP contribution in [0.1, 0.15) is 110 Å². The van der Waals surface area contributed by atoms with Crippen LogP contribution in [0.5, 0.6) is 0 Å². The maximum Gasteiger partial charge on any atom is -0.00773 e. The Morgan fingerprint density at radius 3 is 0.905 bits per heavy atom. The van der Waals surface area contributed by atoms with Crippen molar-refractivity contribution in [1.29, 1.82) is 0 Å². The number of hydrogen-bond acceptors (Lipinski definition) is 1. The molecule has 0 aromatic carbocycles. The number of halogens is 2. The Hall–Kier alpha value is -0.180. The molecule has 3 heteroatoms. The second-order valence-corrected chi connectivity index (χ2v) is 6.09. The molecule has 1 nitrogen and oxygen atoms in total. The van der Waals surface area contributed by atoms with Gasteiger partial charge in [-0.3, -0.25) is 9.41 Å². The van der Waals surface area contributed by atoms with Crippen molar-refractivity contribution in [1.82, 2.24) is 0 Å². The number of unbranched alkanes of at least 4 members (excludes halogenated alkanes) is 15. The monoisotopic (exact) mass is 309 g/mol. The summed E-state index contributed by atoms with van der Waals surface area (Å²) >= 11 is 0. The quantitative estimate of drug-likeness (QED) is 0.323. The van der Waals surface area contributed by atoms with Crippen LogP contribution in [0, 0.1) is 0 Å². The Morgan fingerprint density at radius 2 is 0.667 bits per heavy atom. The van der Waals surface area contributed by atoms with Crippen molar-refractivity contribution in [3.05, 3.63) is 0 Å². The van der Waals surface area contributed by atoms with Crippen LogP contribution in [0.25, 0.3) is 0 Å². The van der Waals surface area contributed by atoms with Gasteiger partial charge >= 0.3 is 0 Å². The van der Waals surface area contributed by atoms with Crippen LogP contribution in [0.2, 0.25) is 0 Å². The predicted octanol–water partition coefficient (Wildman–Crippen LogP) is 6.51. The molecule has 2 N–H and O–H groups in total. The molecule has 21 heavy (non-hydrogen) atoms. The van der Waals surface area contributed by atoms with Gasteiger partial charge in [-0.2, -0.15) is 0 Å². The minimum Gasteiger partial charge on any atom is -0.330 e. The second-order valence-electron chi connectivity index (χ2n) is 6.09. The summed E-state index contributed by atoms with van der Waals surface area (Å²) in [6.45, 7) is 3.16. The molecule has 0 fully saturated rings. The van der Waals surface area contributed by atoms with Crippen LogP contribution < -0.4 is 5.73 Å². The highest BCUT2D eigenvalue weighted by atomic mass is 19.0. The zero-order chi connectivity index (χ0) is 14.0. The van der Waals surface area contributed by atoms with E-state index < -0.39 is 0 Å². The van der Waals surface area contributed by atoms with Gasteiger partial charge in [-0.15, -0.1) is 0 Å². The first-order valence-corrected chi connectivity index (χ1v) is 9.12. The first-order valence-electron chi connectivity index (χ1n) is 9.12. The van der Waals surface area contributed by atoms with E-state index in [4.69, 9.17) is 5.73 Å². The maximum absolute atomic E-state index is 5.48. The molecule has 0 radical (unpaired) electrons. The van der Waals surface area contributed by atoms with Gasteiger partial charge in [-0.1, -0.05) is 103 Å². The van der Waals surface area contributed by atoms with Gasteiger partial charge in [-0.25, -0.2) is 0 Å². The molecule has 132 valence electrons. The fourth-order valence-electron chi connectivity index (χ4n) is 2.69. The predicted molar refractivity (Wildman–Crippen MR) is 93.6 cm³/mol. The lowest BCUT2D eigenvalue weighted by molar-refractivity contribution is 0.530. The second kappa shape index (κ2) is 24.8. The molecule has 0 saturated carbocycles. The molecule has 0 rings (SSSR count). The molecule has 0 aromatic rings. The molecule has 0 aromatic heterocycles. The molecule has 0 aliphatic rings. The normalized spacial score (nSPS) is 10.0. The summed E-state index contributed by atoms with van der Waals surface area (Å²) in [6, 6.07) is 0. The molecule has 0 saturated heterocycles. The number of rotatable bonds is 16. The van der Waals surface area contributed by atoms with E-state index in [9.17, 15) is 0 Å². The average Bonchev–Trinajstić information content (AvgIpc) is 2.43. The van der Waals surface area contributed by atoms with E-state index in [0.717, 1.165) is 6.54 Å². The fraction of sp³-hybridized carbons (Fsp3) is 1.00. The van der Waals surface area contributed by atoms with Crippen molar-refractivity contribution in [3.63, 3.8) is 0 Å². The minimum absolute atomic E-state index is 0. The lowest BCUT2D eigenvalue weighted by Crippen LogP contribution is -1.97. The molecule has 0 aliphatic carbocycles. The van der Waals surface area contributed by atoms with E-state index in [-0.39, 0.29) is 9.41 Å². The summed E-state index contributed by atoms with van der Waals surface area (Å²) in [7, 11) is 0. The van der Waals surface area contributed by atoms with Gasteiger partial charge < -0.3 is 5.73 Å². The highest BCUT2D eigenvalue weighted by molar-refractivity contribution is 4.49. The average molecular weight is 310 g/mol. The zero-order valence-electron chi connectivity index (χ0n) is 14.4. The smallest absolute Gasteiger partial charge is 0.00773 e. The summed E-state index contributed by atoms with van der Waals surface area (Å²) in [5.74, 6) is 0. The van der Waals surface area contributed by atoms with E-state index in [1.807, 2.05) is 0 Å². The van der Waals surface area contributed by atoms with Gasteiger partial charge in [0.05, 0.1) is 0 Å². The SMILES string of the molecule is CCCCCCCCCCCCCCCCCCN.F.F. The van der Waals surface area contributed by atoms with Gasteiger partial charge in [0.2, 0.25) is 0 Å². The van der Waals surface area contributed by atoms with Crippen LogP contribution >= 0.6 is 0 Å². The van der Waals surface area contributed by atoms with Gasteiger partial charge in [-0.05, 0) is 13.0 Å². The summed E-state index contributed by atoms with van der Waals surface area (Å²) in [5, 5.41) is 0. The summed E-state index contributed by atoms with van der Waals surface area (Å²) in [4.78, 5) is 0. The standard InChI is InChI=1S/C18H39N.2FH/c1-2-3-4-5-6-7-8-9-10-11-12-13-14-15-16-17-18-19;;/h2-19H2,1H3;2*1H. The molecule has 0 heterocycles. The van der Waals surface area contributed by atoms with Crippen molar-refractivity contribution < 1.29 is 9.41 Å². The van der Waals surface area contributed by atoms with Crippen LogP contribution in [-0.4, -0.2) is 6.54 Å². The van der Waals surface area contributed by atoms with Crippen molar-refractivity contribution in [2.75, 3.05) is 6.54 Å². The Kier molecular flexibility index (Phi) is 30.4. The Bertz CT molecular complexity index is 138. The van der Waals surface area contributed by atoms with Gasteiger partial charge in [0.25, 0.3) is 0 Å². The van der Waals surface area contributed by atoms with Crippen LogP contribution in [0.15, 0.2) is 0 Å². The lowest BCUT2D eigenvalue weighted by atomic mass is 10.0. The van der Waals surface area contributed by atoms with Crippen LogP contribution in [0.3, 0.4) is 0 Å². The molecule has 0 amide bonds. The van der Waals surface area contributed by atoms with E-state index in [1.165, 1.54) is 103 Å². The largest absolute Gasteiger partial charge is 0.330 e. The number of hydrogen-bond donors (Lipinski definition) is 1. The third-order valence-corrected chi connectivity index (χ3v) is 4.06. The van der Waals surface area contributed by atoms with E-state index >= 15 is 0 Å². The summed E-state index contributed by atoms with van der Waals surface area (Å²) < 4.78 is 0. The van der Waals surface area contributed by atoms with E-state index in [2.05, 4.69) is 6.92 Å². The highest BCUT2D eigenvalue weighted by Gasteiger charge is 1.94. The topological polar surface area (TPSA) is 26.0 Å². The molecule has 0 spiro atoms. The zero-order valence-corrected chi connectivity index (χ0v) is 14.4. The Labute approximate surface area is 132 Å². The van der Waals surface area contributed by atoms with E-state index in [0.29, 0.717) is 0 Å². The number of nitrogens with two attached hydrogens (primary N) is 1. The summed E-state index contributed by atoms with van der Waals surface area (Å²) in [6.07, 6.45) is 22.9. The van der Waals surface area contributed by atoms with Gasteiger partial charge in [0.1, 0.15) is 0 Å². The van der Waals surface area contributed by atoms with Gasteiger partial charge in [0, 0.05) is 0 Å². The van der Waals surface area contributed by atoms with Gasteiger partial charge in [0.15, 0.2) is 0 Å². The fourth-order valence-corrected chi connectivity index (χ4v) is 2.69. The van der Waals surface area contributed by atoms with Crippen LogP contribution in [-0.2, 0) is 0 Å². The minimum atomic E-state index is 0. The van der Waals surface area contributed by atoms with Crippen molar-refractivity contribution >= 4 is 0 Å². The Balaban J connectivity index is -0.00000162.